The molecular weight excluding hydrogens is 350 g/mol. The zero-order valence-corrected chi connectivity index (χ0v) is 15.7. The zero-order chi connectivity index (χ0) is 19.0. The molecule has 0 saturated carbocycles. The van der Waals surface area contributed by atoms with Gasteiger partial charge < -0.3 is 15.0 Å². The Hall–Kier alpha value is -2.71. The van der Waals surface area contributed by atoms with Crippen LogP contribution in [0.5, 0.6) is 5.75 Å². The van der Waals surface area contributed by atoms with Gasteiger partial charge in [0.15, 0.2) is 0 Å². The van der Waals surface area contributed by atoms with Gasteiger partial charge in [-0.1, -0.05) is 37.6 Å². The first-order chi connectivity index (χ1) is 12.3. The highest BCUT2D eigenvalue weighted by Crippen LogP contribution is 2.40. The van der Waals surface area contributed by atoms with E-state index in [1.807, 2.05) is 13.0 Å². The number of ether oxygens (including phenoxy) is 1. The Balaban J connectivity index is 2.29. The van der Waals surface area contributed by atoms with E-state index < -0.39 is 5.92 Å². The van der Waals surface area contributed by atoms with Crippen LogP contribution in [0.2, 0.25) is 5.02 Å². The van der Waals surface area contributed by atoms with Gasteiger partial charge in [-0.05, 0) is 30.5 Å². The minimum Gasteiger partial charge on any atom is -0.440 e. The average molecular weight is 370 g/mol. The highest BCUT2D eigenvalue weighted by molar-refractivity contribution is 6.30. The van der Waals surface area contributed by atoms with E-state index in [1.165, 1.54) is 0 Å². The second-order valence-electron chi connectivity index (χ2n) is 6.85. The lowest BCUT2D eigenvalue weighted by Gasteiger charge is -2.27. The number of nitrogens with zero attached hydrogens (tertiary/aromatic N) is 2. The van der Waals surface area contributed by atoms with Gasteiger partial charge in [0.05, 0.1) is 11.5 Å². The van der Waals surface area contributed by atoms with E-state index in [2.05, 4.69) is 19.9 Å². The molecule has 2 N–H and O–H groups in total. The molecule has 1 aromatic carbocycles. The van der Waals surface area contributed by atoms with Gasteiger partial charge in [-0.3, -0.25) is 4.79 Å². The van der Waals surface area contributed by atoms with E-state index in [-0.39, 0.29) is 17.0 Å². The first-order valence-electron chi connectivity index (χ1n) is 8.40. The van der Waals surface area contributed by atoms with Crippen molar-refractivity contribution in [3.63, 3.8) is 0 Å². The van der Waals surface area contributed by atoms with E-state index >= 15 is 0 Å². The summed E-state index contributed by atoms with van der Waals surface area (Å²) in [7, 11) is 0. The molecule has 134 valence electrons. The fraction of sp³-hybridized carbons (Fsp3) is 0.300. The zero-order valence-electron chi connectivity index (χ0n) is 14.9. The lowest BCUT2D eigenvalue weighted by Crippen LogP contribution is -2.33. The van der Waals surface area contributed by atoms with Crippen LogP contribution in [-0.4, -0.2) is 4.57 Å². The summed E-state index contributed by atoms with van der Waals surface area (Å²) >= 11 is 5.99. The van der Waals surface area contributed by atoms with Crippen molar-refractivity contribution in [2.75, 3.05) is 0 Å². The maximum absolute atomic E-state index is 13.3. The van der Waals surface area contributed by atoms with Gasteiger partial charge in [-0.2, -0.15) is 5.26 Å². The topological polar surface area (TPSA) is 81.0 Å². The van der Waals surface area contributed by atoms with E-state index in [4.69, 9.17) is 22.1 Å². The van der Waals surface area contributed by atoms with Crippen LogP contribution in [0, 0.1) is 24.2 Å². The number of nitrogens with two attached hydrogens (primary N) is 1. The number of hydrogen-bond acceptors (Lipinski definition) is 4. The highest BCUT2D eigenvalue weighted by Gasteiger charge is 2.34. The minimum absolute atomic E-state index is 0.0281. The molecule has 0 amide bonds. The van der Waals surface area contributed by atoms with Crippen LogP contribution in [0.1, 0.15) is 36.6 Å². The van der Waals surface area contributed by atoms with Crippen molar-refractivity contribution >= 4 is 11.6 Å². The predicted molar refractivity (Wildman–Crippen MR) is 101 cm³/mol. The lowest BCUT2D eigenvalue weighted by atomic mass is 9.84. The molecule has 26 heavy (non-hydrogen) atoms. The van der Waals surface area contributed by atoms with Crippen LogP contribution in [-0.2, 0) is 6.54 Å². The molecule has 1 unspecified atom stereocenters. The summed E-state index contributed by atoms with van der Waals surface area (Å²) in [6, 6.07) is 11.0. The van der Waals surface area contributed by atoms with Crippen molar-refractivity contribution < 1.29 is 4.74 Å². The molecule has 0 fully saturated rings. The molecule has 0 aliphatic carbocycles. The molecule has 2 aromatic rings. The van der Waals surface area contributed by atoms with Crippen LogP contribution in [0.25, 0.3) is 0 Å². The summed E-state index contributed by atoms with van der Waals surface area (Å²) in [5.41, 5.74) is 8.06. The van der Waals surface area contributed by atoms with Crippen molar-refractivity contribution in [1.29, 1.82) is 5.26 Å². The van der Waals surface area contributed by atoms with E-state index in [9.17, 15) is 10.1 Å². The number of benzene rings is 1. The fourth-order valence-electron chi connectivity index (χ4n) is 3.27. The number of nitriles is 1. The van der Waals surface area contributed by atoms with Crippen molar-refractivity contribution in [2.24, 2.45) is 11.7 Å². The van der Waals surface area contributed by atoms with Crippen LogP contribution >= 0.6 is 11.6 Å². The maximum atomic E-state index is 13.3. The molecular formula is C20H20ClN3O2. The molecule has 1 aliphatic rings. The quantitative estimate of drug-likeness (QED) is 0.894. The third kappa shape index (κ3) is 3.09. The summed E-state index contributed by atoms with van der Waals surface area (Å²) in [6.07, 6.45) is 0. The standard InChI is InChI=1S/C20H20ClN3O2/c1-11(2)10-24-12(3)8-16-18(20(24)25)17(15(9-22)19(23)26-16)13-4-6-14(21)7-5-13/h4-8,11,17H,10,23H2,1-3H3. The number of aryl methyl sites for hydroxylation is 1. The van der Waals surface area contributed by atoms with Crippen molar-refractivity contribution in [3.8, 4) is 11.8 Å². The molecule has 6 heteroatoms. The number of hydrogen-bond donors (Lipinski definition) is 1. The van der Waals surface area contributed by atoms with Gasteiger partial charge >= 0.3 is 0 Å². The summed E-state index contributed by atoms with van der Waals surface area (Å²) in [5, 5.41) is 10.2. The second kappa shape index (κ2) is 6.89. The number of fused-ring (bicyclic) bond motifs is 1. The molecule has 3 rings (SSSR count). The summed E-state index contributed by atoms with van der Waals surface area (Å²) in [6.45, 7) is 6.56. The molecule has 1 aromatic heterocycles. The largest absolute Gasteiger partial charge is 0.440 e. The van der Waals surface area contributed by atoms with Crippen LogP contribution in [0.3, 0.4) is 0 Å². The number of pyridine rings is 1. The van der Waals surface area contributed by atoms with E-state index in [1.54, 1.807) is 28.8 Å². The first-order valence-corrected chi connectivity index (χ1v) is 8.78. The Labute approximate surface area is 157 Å². The molecule has 1 atom stereocenters. The maximum Gasteiger partial charge on any atom is 0.258 e. The second-order valence-corrected chi connectivity index (χ2v) is 7.29. The average Bonchev–Trinajstić information content (AvgIpc) is 2.58. The molecule has 0 radical (unpaired) electrons. The number of halogens is 1. The third-order valence-electron chi connectivity index (χ3n) is 4.44. The predicted octanol–water partition coefficient (Wildman–Crippen LogP) is 3.68. The van der Waals surface area contributed by atoms with Crippen LogP contribution in [0.4, 0.5) is 0 Å². The molecule has 2 heterocycles. The number of rotatable bonds is 3. The van der Waals surface area contributed by atoms with Gasteiger partial charge in [0, 0.05) is 23.3 Å². The number of aromatic nitrogens is 1. The van der Waals surface area contributed by atoms with E-state index in [0.717, 1.165) is 11.3 Å². The number of allylic oxidation sites excluding steroid dienone is 1. The van der Waals surface area contributed by atoms with Gasteiger partial charge in [-0.15, -0.1) is 0 Å². The minimum atomic E-state index is -0.576. The summed E-state index contributed by atoms with van der Waals surface area (Å²) < 4.78 is 7.36. The van der Waals surface area contributed by atoms with E-state index in [0.29, 0.717) is 28.8 Å². The van der Waals surface area contributed by atoms with Crippen molar-refractivity contribution in [3.05, 3.63) is 74.0 Å². The Bertz CT molecular complexity index is 982. The molecule has 1 aliphatic heterocycles. The van der Waals surface area contributed by atoms with Crippen LogP contribution in [0.15, 0.2) is 46.6 Å². The van der Waals surface area contributed by atoms with Gasteiger partial charge in [0.2, 0.25) is 5.88 Å². The molecule has 5 nitrogen and oxygen atoms in total. The first kappa shape index (κ1) is 18.1. The Morgan fingerprint density at radius 2 is 2.00 bits per heavy atom. The van der Waals surface area contributed by atoms with Crippen LogP contribution < -0.4 is 16.0 Å². The Morgan fingerprint density at radius 3 is 2.58 bits per heavy atom. The van der Waals surface area contributed by atoms with Crippen molar-refractivity contribution in [1.82, 2.24) is 4.57 Å². The van der Waals surface area contributed by atoms with Gasteiger partial charge in [0.25, 0.3) is 5.56 Å². The Morgan fingerprint density at radius 1 is 1.35 bits per heavy atom. The molecule has 0 saturated heterocycles. The molecule has 0 spiro atoms. The highest BCUT2D eigenvalue weighted by atomic mass is 35.5. The third-order valence-corrected chi connectivity index (χ3v) is 4.69. The monoisotopic (exact) mass is 369 g/mol. The molecule has 0 bridgehead atoms. The Kier molecular flexibility index (Phi) is 4.80. The summed E-state index contributed by atoms with van der Waals surface area (Å²) in [4.78, 5) is 13.3. The fourth-order valence-corrected chi connectivity index (χ4v) is 3.39. The normalized spacial score (nSPS) is 16.2. The van der Waals surface area contributed by atoms with Gasteiger partial charge in [-0.25, -0.2) is 0 Å². The van der Waals surface area contributed by atoms with Crippen molar-refractivity contribution in [2.45, 2.75) is 33.2 Å². The summed E-state index contributed by atoms with van der Waals surface area (Å²) in [5.74, 6) is 0.163. The smallest absolute Gasteiger partial charge is 0.258 e. The SMILES string of the molecule is Cc1cc2c(c(=O)n1CC(C)C)C(c1ccc(Cl)cc1)C(C#N)=C(N)O2. The lowest BCUT2D eigenvalue weighted by molar-refractivity contribution is 0.386. The van der Waals surface area contributed by atoms with Gasteiger partial charge in [0.1, 0.15) is 17.4 Å².